The van der Waals surface area contributed by atoms with E-state index in [-0.39, 0.29) is 5.24 Å². The van der Waals surface area contributed by atoms with E-state index in [1.807, 2.05) is 30.0 Å². The number of thioether (sulfide) groups is 1. The van der Waals surface area contributed by atoms with Crippen LogP contribution in [0.4, 0.5) is 4.79 Å². The molecule has 2 nitrogen and oxygen atoms in total. The van der Waals surface area contributed by atoms with E-state index >= 15 is 0 Å². The maximum absolute atomic E-state index is 12.2. The summed E-state index contributed by atoms with van der Waals surface area (Å²) in [6.07, 6.45) is 0. The molecule has 0 radical (unpaired) electrons. The minimum atomic E-state index is 0.183. The molecule has 1 aromatic carbocycles. The van der Waals surface area contributed by atoms with Crippen molar-refractivity contribution in [3.63, 3.8) is 0 Å². The molecule has 1 atom stereocenters. The van der Waals surface area contributed by atoms with E-state index in [2.05, 4.69) is 32.9 Å². The molecule has 0 aliphatic carbocycles. The van der Waals surface area contributed by atoms with E-state index in [1.165, 1.54) is 17.3 Å². The average molecular weight is 265 g/mol. The third kappa shape index (κ3) is 4.37. The molecular formula is C15H23NOS. The Bertz CT molecular complexity index is 364. The van der Waals surface area contributed by atoms with E-state index in [0.29, 0.717) is 12.0 Å². The van der Waals surface area contributed by atoms with Crippen molar-refractivity contribution < 1.29 is 4.79 Å². The second kappa shape index (κ2) is 7.47. The largest absolute Gasteiger partial charge is 0.331 e. The van der Waals surface area contributed by atoms with Crippen LogP contribution in [0.3, 0.4) is 0 Å². The summed E-state index contributed by atoms with van der Waals surface area (Å²) in [5.74, 6) is 1.24. The van der Waals surface area contributed by atoms with Gasteiger partial charge >= 0.3 is 0 Å². The Hall–Kier alpha value is -0.960. The van der Waals surface area contributed by atoms with Gasteiger partial charge in [-0.2, -0.15) is 0 Å². The topological polar surface area (TPSA) is 20.3 Å². The molecule has 0 saturated carbocycles. The second-order valence-electron chi connectivity index (χ2n) is 4.81. The van der Waals surface area contributed by atoms with Crippen molar-refractivity contribution >= 4 is 17.0 Å². The minimum Gasteiger partial charge on any atom is -0.331 e. The fraction of sp³-hybridized carbons (Fsp3) is 0.533. The monoisotopic (exact) mass is 265 g/mol. The Morgan fingerprint density at radius 1 is 1.22 bits per heavy atom. The summed E-state index contributed by atoms with van der Waals surface area (Å²) in [7, 11) is 0. The summed E-state index contributed by atoms with van der Waals surface area (Å²) in [5.41, 5.74) is 1.20. The van der Waals surface area contributed by atoms with Crippen LogP contribution in [-0.2, 0) is 5.75 Å². The van der Waals surface area contributed by atoms with Gasteiger partial charge in [-0.1, -0.05) is 55.9 Å². The Morgan fingerprint density at radius 3 is 2.33 bits per heavy atom. The van der Waals surface area contributed by atoms with E-state index < -0.39 is 0 Å². The van der Waals surface area contributed by atoms with Crippen LogP contribution in [0.25, 0.3) is 0 Å². The van der Waals surface area contributed by atoms with Crippen LogP contribution in [0.1, 0.15) is 33.3 Å². The molecule has 0 fully saturated rings. The van der Waals surface area contributed by atoms with Gasteiger partial charge in [-0.25, -0.2) is 0 Å². The van der Waals surface area contributed by atoms with Crippen LogP contribution >= 0.6 is 11.8 Å². The SMILES string of the molecule is CCN(C(=O)SCc1ccccc1)C(C)C(C)C. The van der Waals surface area contributed by atoms with Gasteiger partial charge in [0.15, 0.2) is 0 Å². The fourth-order valence-corrected chi connectivity index (χ4v) is 2.69. The van der Waals surface area contributed by atoms with E-state index in [4.69, 9.17) is 0 Å². The first-order valence-corrected chi connectivity index (χ1v) is 7.52. The van der Waals surface area contributed by atoms with Crippen LogP contribution < -0.4 is 0 Å². The highest BCUT2D eigenvalue weighted by Gasteiger charge is 2.21. The number of rotatable bonds is 5. The summed E-state index contributed by atoms with van der Waals surface area (Å²) in [6, 6.07) is 10.4. The zero-order chi connectivity index (χ0) is 13.5. The van der Waals surface area contributed by atoms with Gasteiger partial charge in [-0.3, -0.25) is 4.79 Å². The molecule has 0 spiro atoms. The Kier molecular flexibility index (Phi) is 6.27. The van der Waals surface area contributed by atoms with Gasteiger partial charge in [-0.05, 0) is 25.3 Å². The van der Waals surface area contributed by atoms with E-state index in [0.717, 1.165) is 12.3 Å². The molecule has 0 aliphatic rings. The predicted molar refractivity (Wildman–Crippen MR) is 79.8 cm³/mol. The van der Waals surface area contributed by atoms with Gasteiger partial charge in [0.1, 0.15) is 0 Å². The van der Waals surface area contributed by atoms with Crippen LogP contribution in [0, 0.1) is 5.92 Å². The van der Waals surface area contributed by atoms with Crippen molar-refractivity contribution in [2.45, 2.75) is 39.5 Å². The summed E-state index contributed by atoms with van der Waals surface area (Å²) < 4.78 is 0. The zero-order valence-electron chi connectivity index (χ0n) is 11.7. The third-order valence-corrected chi connectivity index (χ3v) is 4.20. The Morgan fingerprint density at radius 2 is 1.83 bits per heavy atom. The van der Waals surface area contributed by atoms with Crippen molar-refractivity contribution in [1.29, 1.82) is 0 Å². The highest BCUT2D eigenvalue weighted by atomic mass is 32.2. The van der Waals surface area contributed by atoms with Crippen LogP contribution in [0.5, 0.6) is 0 Å². The molecule has 0 aromatic heterocycles. The lowest BCUT2D eigenvalue weighted by Crippen LogP contribution is -2.39. The highest BCUT2D eigenvalue weighted by molar-refractivity contribution is 8.12. The number of hydrogen-bond donors (Lipinski definition) is 0. The van der Waals surface area contributed by atoms with Crippen molar-refractivity contribution in [3.8, 4) is 0 Å². The number of hydrogen-bond acceptors (Lipinski definition) is 2. The summed E-state index contributed by atoms with van der Waals surface area (Å²) in [4.78, 5) is 14.1. The lowest BCUT2D eigenvalue weighted by molar-refractivity contribution is 0.190. The van der Waals surface area contributed by atoms with Gasteiger partial charge in [0.2, 0.25) is 0 Å². The normalized spacial score (nSPS) is 12.5. The molecule has 18 heavy (non-hydrogen) atoms. The molecule has 1 rings (SSSR count). The molecule has 1 unspecified atom stereocenters. The summed E-state index contributed by atoms with van der Waals surface area (Å²) in [5, 5.41) is 0.183. The number of carbonyl (C=O) groups excluding carboxylic acids is 1. The molecule has 1 aromatic rings. The first-order valence-electron chi connectivity index (χ1n) is 6.53. The summed E-state index contributed by atoms with van der Waals surface area (Å²) in [6.45, 7) is 9.25. The van der Waals surface area contributed by atoms with Crippen molar-refractivity contribution in [3.05, 3.63) is 35.9 Å². The van der Waals surface area contributed by atoms with Crippen LogP contribution in [0.15, 0.2) is 30.3 Å². The van der Waals surface area contributed by atoms with Crippen molar-refractivity contribution in [1.82, 2.24) is 4.90 Å². The Balaban J connectivity index is 2.53. The fourth-order valence-electron chi connectivity index (χ4n) is 1.75. The van der Waals surface area contributed by atoms with Gasteiger partial charge in [0, 0.05) is 18.3 Å². The molecule has 100 valence electrons. The number of amides is 1. The highest BCUT2D eigenvalue weighted by Crippen LogP contribution is 2.20. The van der Waals surface area contributed by atoms with Crippen molar-refractivity contribution in [2.24, 2.45) is 5.92 Å². The lowest BCUT2D eigenvalue weighted by Gasteiger charge is -2.30. The van der Waals surface area contributed by atoms with Gasteiger partial charge in [-0.15, -0.1) is 0 Å². The molecule has 0 N–H and O–H groups in total. The predicted octanol–water partition coefficient (Wildman–Crippen LogP) is 4.41. The third-order valence-electron chi connectivity index (χ3n) is 3.24. The molecule has 1 amide bonds. The van der Waals surface area contributed by atoms with E-state index in [1.54, 1.807) is 0 Å². The molecule has 0 heterocycles. The molecule has 0 saturated heterocycles. The van der Waals surface area contributed by atoms with E-state index in [9.17, 15) is 4.79 Å². The number of nitrogens with zero attached hydrogens (tertiary/aromatic N) is 1. The van der Waals surface area contributed by atoms with Gasteiger partial charge in [0.25, 0.3) is 5.24 Å². The second-order valence-corrected chi connectivity index (χ2v) is 5.74. The maximum Gasteiger partial charge on any atom is 0.282 e. The minimum absolute atomic E-state index is 0.183. The smallest absolute Gasteiger partial charge is 0.282 e. The molecule has 0 bridgehead atoms. The van der Waals surface area contributed by atoms with Crippen LogP contribution in [0.2, 0.25) is 0 Å². The average Bonchev–Trinajstić information content (AvgIpc) is 2.38. The molecule has 3 heteroatoms. The van der Waals surface area contributed by atoms with Crippen LogP contribution in [-0.4, -0.2) is 22.7 Å². The molecular weight excluding hydrogens is 242 g/mol. The summed E-state index contributed by atoms with van der Waals surface area (Å²) >= 11 is 1.39. The first-order chi connectivity index (χ1) is 8.56. The lowest BCUT2D eigenvalue weighted by atomic mass is 10.1. The maximum atomic E-state index is 12.2. The Labute approximate surface area is 115 Å². The van der Waals surface area contributed by atoms with Gasteiger partial charge in [0.05, 0.1) is 0 Å². The van der Waals surface area contributed by atoms with Gasteiger partial charge < -0.3 is 4.90 Å². The zero-order valence-corrected chi connectivity index (χ0v) is 12.5. The quantitative estimate of drug-likeness (QED) is 0.786. The van der Waals surface area contributed by atoms with Crippen molar-refractivity contribution in [2.75, 3.05) is 6.54 Å². The number of carbonyl (C=O) groups is 1. The first kappa shape index (κ1) is 15.1. The standard InChI is InChI=1S/C15H23NOS/c1-5-16(13(4)12(2)3)15(17)18-11-14-9-7-6-8-10-14/h6-10,12-13H,5,11H2,1-4H3. The number of benzene rings is 1. The molecule has 0 aliphatic heterocycles.